The lowest BCUT2D eigenvalue weighted by Gasteiger charge is -2.36. The number of halogens is 3. The molecule has 3 nitrogen and oxygen atoms in total. The van der Waals surface area contributed by atoms with Crippen LogP contribution in [-0.4, -0.2) is 42.2 Å². The van der Waals surface area contributed by atoms with E-state index in [1.807, 2.05) is 6.07 Å². The SMILES string of the molecule is FC(F)(F)CN1CCNCC1c1cccnc1. The van der Waals surface area contributed by atoms with Crippen LogP contribution >= 0.6 is 0 Å². The van der Waals surface area contributed by atoms with E-state index >= 15 is 0 Å². The third-order valence-corrected chi connectivity index (χ3v) is 2.81. The Balaban J connectivity index is 2.13. The minimum absolute atomic E-state index is 0.251. The van der Waals surface area contributed by atoms with E-state index in [1.165, 1.54) is 4.90 Å². The van der Waals surface area contributed by atoms with Crippen LogP contribution in [-0.2, 0) is 0 Å². The number of nitrogens with one attached hydrogen (secondary N) is 1. The molecule has 94 valence electrons. The van der Waals surface area contributed by atoms with Gasteiger partial charge in [-0.05, 0) is 11.6 Å². The molecule has 1 saturated heterocycles. The molecule has 1 aliphatic heterocycles. The van der Waals surface area contributed by atoms with Gasteiger partial charge in [0.15, 0.2) is 0 Å². The molecule has 1 aromatic rings. The van der Waals surface area contributed by atoms with Crippen molar-refractivity contribution in [2.75, 3.05) is 26.2 Å². The van der Waals surface area contributed by atoms with Crippen LogP contribution in [0.4, 0.5) is 13.2 Å². The van der Waals surface area contributed by atoms with Gasteiger partial charge in [-0.1, -0.05) is 6.07 Å². The third-order valence-electron chi connectivity index (χ3n) is 2.81. The molecule has 0 bridgehead atoms. The summed E-state index contributed by atoms with van der Waals surface area (Å²) in [5.74, 6) is 0. The molecule has 0 amide bonds. The zero-order chi connectivity index (χ0) is 12.3. The Morgan fingerprint density at radius 1 is 1.47 bits per heavy atom. The van der Waals surface area contributed by atoms with Gasteiger partial charge < -0.3 is 5.32 Å². The molecule has 17 heavy (non-hydrogen) atoms. The van der Waals surface area contributed by atoms with Gasteiger partial charge in [0.05, 0.1) is 6.54 Å². The Kier molecular flexibility index (Phi) is 3.63. The van der Waals surface area contributed by atoms with Crippen molar-refractivity contribution in [2.45, 2.75) is 12.2 Å². The van der Waals surface area contributed by atoms with E-state index < -0.39 is 12.7 Å². The van der Waals surface area contributed by atoms with Gasteiger partial charge in [-0.15, -0.1) is 0 Å². The predicted octanol–water partition coefficient (Wildman–Crippen LogP) is 1.59. The van der Waals surface area contributed by atoms with Crippen molar-refractivity contribution >= 4 is 0 Å². The second-order valence-electron chi connectivity index (χ2n) is 4.09. The number of hydrogen-bond acceptors (Lipinski definition) is 3. The summed E-state index contributed by atoms with van der Waals surface area (Å²) in [6, 6.07) is 3.31. The molecule has 1 unspecified atom stereocenters. The molecular formula is C11H14F3N3. The van der Waals surface area contributed by atoms with Gasteiger partial charge in [0.1, 0.15) is 0 Å². The molecule has 1 aromatic heterocycles. The van der Waals surface area contributed by atoms with E-state index in [0.717, 1.165) is 5.56 Å². The van der Waals surface area contributed by atoms with Crippen molar-refractivity contribution in [1.82, 2.24) is 15.2 Å². The van der Waals surface area contributed by atoms with Gasteiger partial charge in [0.2, 0.25) is 0 Å². The Bertz CT molecular complexity index is 353. The van der Waals surface area contributed by atoms with Gasteiger partial charge >= 0.3 is 6.18 Å². The summed E-state index contributed by atoms with van der Waals surface area (Å²) < 4.78 is 37.4. The molecule has 0 radical (unpaired) electrons. The summed E-state index contributed by atoms with van der Waals surface area (Å²) in [5, 5.41) is 3.11. The first kappa shape index (κ1) is 12.3. The molecule has 0 spiro atoms. The molecule has 2 heterocycles. The van der Waals surface area contributed by atoms with Crippen LogP contribution in [0.1, 0.15) is 11.6 Å². The summed E-state index contributed by atoms with van der Waals surface area (Å²) in [4.78, 5) is 5.41. The predicted molar refractivity (Wildman–Crippen MR) is 57.5 cm³/mol. The average Bonchev–Trinajstić information content (AvgIpc) is 2.29. The molecule has 2 rings (SSSR count). The number of rotatable bonds is 2. The normalized spacial score (nSPS) is 22.6. The van der Waals surface area contributed by atoms with Crippen LogP contribution in [0.25, 0.3) is 0 Å². The molecular weight excluding hydrogens is 231 g/mol. The molecule has 1 aliphatic rings. The van der Waals surface area contributed by atoms with E-state index in [1.54, 1.807) is 18.5 Å². The third kappa shape index (κ3) is 3.41. The average molecular weight is 245 g/mol. The van der Waals surface area contributed by atoms with Gasteiger partial charge in [0.25, 0.3) is 0 Å². The van der Waals surface area contributed by atoms with Crippen molar-refractivity contribution in [1.29, 1.82) is 0 Å². The van der Waals surface area contributed by atoms with Gasteiger partial charge in [-0.25, -0.2) is 0 Å². The Morgan fingerprint density at radius 3 is 2.94 bits per heavy atom. The lowest BCUT2D eigenvalue weighted by molar-refractivity contribution is -0.152. The summed E-state index contributed by atoms with van der Waals surface area (Å²) in [6.45, 7) is 0.655. The second-order valence-corrected chi connectivity index (χ2v) is 4.09. The number of nitrogens with zero attached hydrogens (tertiary/aromatic N) is 2. The Hall–Kier alpha value is -1.14. The molecule has 1 atom stereocenters. The van der Waals surface area contributed by atoms with Gasteiger partial charge in [-0.2, -0.15) is 13.2 Å². The quantitative estimate of drug-likeness (QED) is 0.857. The first-order valence-corrected chi connectivity index (χ1v) is 5.48. The highest BCUT2D eigenvalue weighted by atomic mass is 19.4. The van der Waals surface area contributed by atoms with E-state index in [9.17, 15) is 13.2 Å². The van der Waals surface area contributed by atoms with Gasteiger partial charge in [-0.3, -0.25) is 9.88 Å². The van der Waals surface area contributed by atoms with Crippen molar-refractivity contribution in [3.63, 3.8) is 0 Å². The summed E-state index contributed by atoms with van der Waals surface area (Å²) in [6.07, 6.45) is -0.910. The fraction of sp³-hybridized carbons (Fsp3) is 0.545. The number of piperazine rings is 1. The van der Waals surface area contributed by atoms with Crippen molar-refractivity contribution in [3.8, 4) is 0 Å². The van der Waals surface area contributed by atoms with E-state index in [4.69, 9.17) is 0 Å². The van der Waals surface area contributed by atoms with Crippen LogP contribution < -0.4 is 5.32 Å². The molecule has 1 N–H and O–H groups in total. The van der Waals surface area contributed by atoms with E-state index in [-0.39, 0.29) is 6.04 Å². The minimum atomic E-state index is -4.15. The Labute approximate surface area is 97.6 Å². The maximum atomic E-state index is 12.5. The lowest BCUT2D eigenvalue weighted by Crippen LogP contribution is -2.49. The largest absolute Gasteiger partial charge is 0.401 e. The Morgan fingerprint density at radius 2 is 2.29 bits per heavy atom. The van der Waals surface area contributed by atoms with Crippen molar-refractivity contribution < 1.29 is 13.2 Å². The van der Waals surface area contributed by atoms with Crippen LogP contribution in [0.5, 0.6) is 0 Å². The fourth-order valence-electron chi connectivity index (χ4n) is 2.07. The highest BCUT2D eigenvalue weighted by Gasteiger charge is 2.35. The smallest absolute Gasteiger partial charge is 0.314 e. The standard InChI is InChI=1S/C11H14F3N3/c12-11(13,14)8-17-5-4-16-7-10(17)9-2-1-3-15-6-9/h1-3,6,10,16H,4-5,7-8H2. The second kappa shape index (κ2) is 5.01. The van der Waals surface area contributed by atoms with Crippen LogP contribution in [0.15, 0.2) is 24.5 Å². The highest BCUT2D eigenvalue weighted by Crippen LogP contribution is 2.26. The molecule has 0 aliphatic carbocycles. The number of pyridine rings is 1. The zero-order valence-electron chi connectivity index (χ0n) is 9.24. The highest BCUT2D eigenvalue weighted by molar-refractivity contribution is 5.15. The van der Waals surface area contributed by atoms with Crippen LogP contribution in [0, 0.1) is 0 Å². The van der Waals surface area contributed by atoms with Crippen molar-refractivity contribution in [3.05, 3.63) is 30.1 Å². The van der Waals surface area contributed by atoms with Crippen molar-refractivity contribution in [2.24, 2.45) is 0 Å². The molecule has 0 aromatic carbocycles. The fourth-order valence-corrected chi connectivity index (χ4v) is 2.07. The molecule has 0 saturated carbocycles. The van der Waals surface area contributed by atoms with Crippen LogP contribution in [0.3, 0.4) is 0 Å². The van der Waals surface area contributed by atoms with Crippen LogP contribution in [0.2, 0.25) is 0 Å². The maximum Gasteiger partial charge on any atom is 0.401 e. The number of hydrogen-bond donors (Lipinski definition) is 1. The number of aromatic nitrogens is 1. The maximum absolute atomic E-state index is 12.5. The molecule has 6 heteroatoms. The molecule has 1 fully saturated rings. The van der Waals surface area contributed by atoms with E-state index in [2.05, 4.69) is 10.3 Å². The first-order chi connectivity index (χ1) is 8.06. The van der Waals surface area contributed by atoms with E-state index in [0.29, 0.717) is 19.6 Å². The summed E-state index contributed by atoms with van der Waals surface area (Å²) >= 11 is 0. The lowest BCUT2D eigenvalue weighted by atomic mass is 10.1. The summed E-state index contributed by atoms with van der Waals surface area (Å²) in [7, 11) is 0. The number of alkyl halides is 3. The minimum Gasteiger partial charge on any atom is -0.314 e. The topological polar surface area (TPSA) is 28.2 Å². The summed E-state index contributed by atoms with van der Waals surface area (Å²) in [5.41, 5.74) is 0.823. The first-order valence-electron chi connectivity index (χ1n) is 5.48. The zero-order valence-corrected chi connectivity index (χ0v) is 9.24. The van der Waals surface area contributed by atoms with Gasteiger partial charge in [0, 0.05) is 38.1 Å². The monoisotopic (exact) mass is 245 g/mol.